The summed E-state index contributed by atoms with van der Waals surface area (Å²) < 4.78 is 6.23. The van der Waals surface area contributed by atoms with Gasteiger partial charge in [0.25, 0.3) is 5.89 Å². The topological polar surface area (TPSA) is 64.9 Å². The van der Waals surface area contributed by atoms with Gasteiger partial charge in [0.1, 0.15) is 0 Å². The van der Waals surface area contributed by atoms with Crippen molar-refractivity contribution in [1.29, 1.82) is 0 Å². The van der Waals surface area contributed by atoms with Gasteiger partial charge in [-0.2, -0.15) is 16.7 Å². The maximum Gasteiger partial charge on any atom is 0.258 e. The molecule has 1 saturated carbocycles. The maximum absolute atomic E-state index is 5.82. The monoisotopic (exact) mass is 353 g/mol. The van der Waals surface area contributed by atoms with Crippen LogP contribution in [-0.2, 0) is 5.75 Å². The Labute approximate surface area is 130 Å². The predicted octanol–water partition coefficient (Wildman–Crippen LogP) is 4.26. The first-order chi connectivity index (χ1) is 9.70. The fourth-order valence-corrected chi connectivity index (χ4v) is 4.09. The first-order valence-corrected chi connectivity index (χ1v) is 8.55. The Kier molecular flexibility index (Phi) is 4.31. The summed E-state index contributed by atoms with van der Waals surface area (Å²) in [5.41, 5.74) is 7.35. The van der Waals surface area contributed by atoms with Gasteiger partial charge in [-0.15, -0.1) is 0 Å². The molecule has 0 aliphatic heterocycles. The van der Waals surface area contributed by atoms with Crippen molar-refractivity contribution in [1.82, 2.24) is 10.1 Å². The molecule has 20 heavy (non-hydrogen) atoms. The van der Waals surface area contributed by atoms with Gasteiger partial charge in [0, 0.05) is 21.0 Å². The molecule has 0 spiro atoms. The highest BCUT2D eigenvalue weighted by Crippen LogP contribution is 2.31. The largest absolute Gasteiger partial charge is 0.399 e. The molecule has 1 fully saturated rings. The Balaban J connectivity index is 1.69. The lowest BCUT2D eigenvalue weighted by Gasteiger charge is -2.04. The molecule has 6 heteroatoms. The SMILES string of the molecule is Nc1cc(Br)cc(-c2nc(CSC3CCCC3)no2)c1. The van der Waals surface area contributed by atoms with E-state index >= 15 is 0 Å². The molecule has 1 aromatic carbocycles. The summed E-state index contributed by atoms with van der Waals surface area (Å²) in [4.78, 5) is 4.45. The highest BCUT2D eigenvalue weighted by atomic mass is 79.9. The minimum Gasteiger partial charge on any atom is -0.399 e. The van der Waals surface area contributed by atoms with Crippen LogP contribution in [0.15, 0.2) is 27.2 Å². The molecule has 0 amide bonds. The first-order valence-electron chi connectivity index (χ1n) is 6.71. The van der Waals surface area contributed by atoms with Crippen molar-refractivity contribution in [2.45, 2.75) is 36.7 Å². The maximum atomic E-state index is 5.82. The third kappa shape index (κ3) is 3.35. The molecule has 0 unspecified atom stereocenters. The van der Waals surface area contributed by atoms with Crippen LogP contribution in [0, 0.1) is 0 Å². The second-order valence-corrected chi connectivity index (χ2v) is 7.21. The molecule has 1 aliphatic carbocycles. The van der Waals surface area contributed by atoms with Crippen LogP contribution in [0.25, 0.3) is 11.5 Å². The van der Waals surface area contributed by atoms with Gasteiger partial charge in [-0.3, -0.25) is 0 Å². The molecule has 1 heterocycles. The molecule has 1 aliphatic rings. The lowest BCUT2D eigenvalue weighted by molar-refractivity contribution is 0.425. The van der Waals surface area contributed by atoms with Crippen molar-refractivity contribution < 1.29 is 4.52 Å². The van der Waals surface area contributed by atoms with E-state index < -0.39 is 0 Å². The van der Waals surface area contributed by atoms with Crippen LogP contribution in [0.1, 0.15) is 31.5 Å². The summed E-state index contributed by atoms with van der Waals surface area (Å²) in [5.74, 6) is 2.10. The van der Waals surface area contributed by atoms with E-state index in [-0.39, 0.29) is 0 Å². The Morgan fingerprint density at radius 3 is 2.85 bits per heavy atom. The number of benzene rings is 1. The van der Waals surface area contributed by atoms with Crippen molar-refractivity contribution in [3.63, 3.8) is 0 Å². The molecule has 106 valence electrons. The lowest BCUT2D eigenvalue weighted by Crippen LogP contribution is -1.95. The second kappa shape index (κ2) is 6.18. The molecule has 2 aromatic rings. The standard InChI is InChI=1S/C14H16BrN3OS/c15-10-5-9(6-11(16)7-10)14-17-13(18-19-14)8-20-12-3-1-2-4-12/h5-7,12H,1-4,8,16H2. The van der Waals surface area contributed by atoms with E-state index in [1.54, 1.807) is 0 Å². The van der Waals surface area contributed by atoms with Crippen molar-refractivity contribution in [3.05, 3.63) is 28.5 Å². The molecule has 0 saturated heterocycles. The molecule has 1 aromatic heterocycles. The Morgan fingerprint density at radius 2 is 2.10 bits per heavy atom. The van der Waals surface area contributed by atoms with E-state index in [1.807, 2.05) is 30.0 Å². The number of hydrogen-bond donors (Lipinski definition) is 1. The summed E-state index contributed by atoms with van der Waals surface area (Å²) >= 11 is 5.35. The van der Waals surface area contributed by atoms with E-state index in [4.69, 9.17) is 10.3 Å². The quantitative estimate of drug-likeness (QED) is 0.832. The predicted molar refractivity (Wildman–Crippen MR) is 85.4 cm³/mol. The van der Waals surface area contributed by atoms with E-state index in [1.165, 1.54) is 25.7 Å². The normalized spacial score (nSPS) is 15.8. The van der Waals surface area contributed by atoms with E-state index in [2.05, 4.69) is 26.1 Å². The van der Waals surface area contributed by atoms with Gasteiger partial charge in [0.2, 0.25) is 0 Å². The number of halogens is 1. The van der Waals surface area contributed by atoms with Gasteiger partial charge in [-0.05, 0) is 31.0 Å². The Hall–Kier alpha value is -1.01. The zero-order valence-electron chi connectivity index (χ0n) is 11.0. The van der Waals surface area contributed by atoms with Crippen LogP contribution >= 0.6 is 27.7 Å². The molecule has 3 rings (SSSR count). The average molecular weight is 354 g/mol. The molecule has 0 atom stereocenters. The number of aromatic nitrogens is 2. The first kappa shape index (κ1) is 13.9. The van der Waals surface area contributed by atoms with Gasteiger partial charge in [-0.25, -0.2) is 0 Å². The third-order valence-electron chi connectivity index (χ3n) is 3.39. The zero-order valence-corrected chi connectivity index (χ0v) is 13.4. The fraction of sp³-hybridized carbons (Fsp3) is 0.429. The number of thioether (sulfide) groups is 1. The number of nitrogen functional groups attached to an aromatic ring is 1. The molecule has 2 N–H and O–H groups in total. The van der Waals surface area contributed by atoms with E-state index in [9.17, 15) is 0 Å². The van der Waals surface area contributed by atoms with Crippen molar-refractivity contribution in [2.75, 3.05) is 5.73 Å². The molecule has 0 bridgehead atoms. The summed E-state index contributed by atoms with van der Waals surface area (Å²) in [6.07, 6.45) is 5.34. The van der Waals surface area contributed by atoms with Gasteiger partial charge < -0.3 is 10.3 Å². The summed E-state index contributed by atoms with van der Waals surface area (Å²) in [6, 6.07) is 5.61. The highest BCUT2D eigenvalue weighted by Gasteiger charge is 2.17. The smallest absolute Gasteiger partial charge is 0.258 e. The Bertz CT molecular complexity index is 576. The highest BCUT2D eigenvalue weighted by molar-refractivity contribution is 9.10. The second-order valence-electron chi connectivity index (χ2n) is 5.01. The van der Waals surface area contributed by atoms with E-state index in [0.29, 0.717) is 11.6 Å². The van der Waals surface area contributed by atoms with Crippen LogP contribution in [0.2, 0.25) is 0 Å². The number of rotatable bonds is 4. The van der Waals surface area contributed by atoms with Crippen molar-refractivity contribution >= 4 is 33.4 Å². The van der Waals surface area contributed by atoms with Crippen LogP contribution in [0.5, 0.6) is 0 Å². The van der Waals surface area contributed by atoms with Crippen molar-refractivity contribution in [3.8, 4) is 11.5 Å². The number of nitrogens with zero attached hydrogens (tertiary/aromatic N) is 2. The van der Waals surface area contributed by atoms with E-state index in [0.717, 1.165) is 26.9 Å². The lowest BCUT2D eigenvalue weighted by atomic mass is 10.2. The van der Waals surface area contributed by atoms with Gasteiger partial charge in [-0.1, -0.05) is 33.9 Å². The minimum atomic E-state index is 0.528. The fourth-order valence-electron chi connectivity index (χ4n) is 2.41. The number of nitrogens with two attached hydrogens (primary N) is 1. The number of anilines is 1. The third-order valence-corrected chi connectivity index (χ3v) is 5.21. The molecular weight excluding hydrogens is 338 g/mol. The summed E-state index contributed by atoms with van der Waals surface area (Å²) in [5, 5.41) is 4.81. The van der Waals surface area contributed by atoms with Gasteiger partial charge >= 0.3 is 0 Å². The van der Waals surface area contributed by atoms with Crippen molar-refractivity contribution in [2.24, 2.45) is 0 Å². The van der Waals surface area contributed by atoms with Crippen LogP contribution in [0.4, 0.5) is 5.69 Å². The number of hydrogen-bond acceptors (Lipinski definition) is 5. The van der Waals surface area contributed by atoms with Crippen LogP contribution in [-0.4, -0.2) is 15.4 Å². The molecule has 4 nitrogen and oxygen atoms in total. The van der Waals surface area contributed by atoms with Crippen LogP contribution < -0.4 is 5.73 Å². The van der Waals surface area contributed by atoms with Gasteiger partial charge in [0.05, 0.1) is 5.75 Å². The zero-order chi connectivity index (χ0) is 13.9. The molecule has 0 radical (unpaired) electrons. The summed E-state index contributed by atoms with van der Waals surface area (Å²) in [6.45, 7) is 0. The minimum absolute atomic E-state index is 0.528. The van der Waals surface area contributed by atoms with Crippen LogP contribution in [0.3, 0.4) is 0 Å². The van der Waals surface area contributed by atoms with Gasteiger partial charge in [0.15, 0.2) is 5.82 Å². The average Bonchev–Trinajstić information content (AvgIpc) is 3.07. The molecular formula is C14H16BrN3OS. The summed E-state index contributed by atoms with van der Waals surface area (Å²) in [7, 11) is 0. The Morgan fingerprint density at radius 1 is 1.30 bits per heavy atom.